The molecule has 6 heteroatoms. The molecule has 0 aromatic carbocycles. The smallest absolute Gasteiger partial charge is 0.274 e. The van der Waals surface area contributed by atoms with Crippen molar-refractivity contribution in [3.63, 3.8) is 0 Å². The van der Waals surface area contributed by atoms with Crippen molar-refractivity contribution in [1.29, 1.82) is 0 Å². The number of aromatic nitrogens is 4. The number of hydrogen-bond donors (Lipinski definition) is 2. The van der Waals surface area contributed by atoms with Gasteiger partial charge in [-0.1, -0.05) is 13.8 Å². The largest absolute Gasteiger partial charge is 0.325 e. The summed E-state index contributed by atoms with van der Waals surface area (Å²) in [6, 6.07) is 1.41. The van der Waals surface area contributed by atoms with Crippen LogP contribution >= 0.6 is 0 Å². The van der Waals surface area contributed by atoms with Gasteiger partial charge in [0.05, 0.1) is 5.69 Å². The Balaban J connectivity index is 2.70. The van der Waals surface area contributed by atoms with Gasteiger partial charge >= 0.3 is 0 Å². The molecule has 0 aliphatic heterocycles. The monoisotopic (exact) mass is 207 g/mol. The van der Waals surface area contributed by atoms with Gasteiger partial charge in [-0.05, 0) is 0 Å². The maximum atomic E-state index is 11.6. The highest BCUT2D eigenvalue weighted by Gasteiger charge is 2.09. The summed E-state index contributed by atoms with van der Waals surface area (Å²) in [5, 5.41) is 2.90. The normalized spacial score (nSPS) is 11.5. The third-order valence-corrected chi connectivity index (χ3v) is 2.16. The Kier molecular flexibility index (Phi) is 2.28. The van der Waals surface area contributed by atoms with Crippen LogP contribution < -0.4 is 11.3 Å². The molecule has 0 fully saturated rings. The van der Waals surface area contributed by atoms with E-state index in [9.17, 15) is 4.79 Å². The van der Waals surface area contributed by atoms with Gasteiger partial charge in [-0.2, -0.15) is 9.50 Å². The van der Waals surface area contributed by atoms with Gasteiger partial charge in [0.15, 0.2) is 0 Å². The summed E-state index contributed by atoms with van der Waals surface area (Å²) in [5.74, 6) is 1.35. The van der Waals surface area contributed by atoms with Gasteiger partial charge in [0.25, 0.3) is 11.3 Å². The Morgan fingerprint density at radius 1 is 1.53 bits per heavy atom. The number of aromatic amines is 1. The topological polar surface area (TPSA) is 89.1 Å². The van der Waals surface area contributed by atoms with Crippen molar-refractivity contribution in [2.24, 2.45) is 5.73 Å². The molecule has 2 rings (SSSR count). The second-order valence-electron chi connectivity index (χ2n) is 3.69. The summed E-state index contributed by atoms with van der Waals surface area (Å²) in [5.41, 5.74) is 5.80. The molecule has 0 atom stereocenters. The molecule has 0 radical (unpaired) electrons. The van der Waals surface area contributed by atoms with Crippen LogP contribution in [0.4, 0.5) is 0 Å². The van der Waals surface area contributed by atoms with Crippen LogP contribution in [0.1, 0.15) is 31.3 Å². The molecular weight excluding hydrogens is 194 g/mol. The molecule has 15 heavy (non-hydrogen) atoms. The molecule has 0 amide bonds. The molecule has 80 valence electrons. The fourth-order valence-corrected chi connectivity index (χ4v) is 1.31. The highest BCUT2D eigenvalue weighted by molar-refractivity contribution is 5.28. The molecular formula is C9H13N5O. The average molecular weight is 207 g/mol. The molecule has 0 bridgehead atoms. The second kappa shape index (κ2) is 3.47. The van der Waals surface area contributed by atoms with Crippen molar-refractivity contribution in [1.82, 2.24) is 19.6 Å². The predicted octanol–water partition coefficient (Wildman–Crippen LogP) is -0.000300. The zero-order valence-corrected chi connectivity index (χ0v) is 8.69. The fourth-order valence-electron chi connectivity index (χ4n) is 1.31. The lowest BCUT2D eigenvalue weighted by Crippen LogP contribution is -2.17. The van der Waals surface area contributed by atoms with Gasteiger partial charge in [-0.3, -0.25) is 9.89 Å². The molecule has 0 saturated heterocycles. The first-order chi connectivity index (χ1) is 7.11. The van der Waals surface area contributed by atoms with Crippen molar-refractivity contribution in [2.45, 2.75) is 26.3 Å². The third kappa shape index (κ3) is 1.63. The SMILES string of the molecule is CC(C)c1nc2nc(CN)cc(=O)n2[nH]1. The van der Waals surface area contributed by atoms with Crippen molar-refractivity contribution < 1.29 is 0 Å². The molecule has 2 heterocycles. The number of rotatable bonds is 2. The fraction of sp³-hybridized carbons (Fsp3) is 0.444. The van der Waals surface area contributed by atoms with E-state index in [2.05, 4.69) is 15.1 Å². The van der Waals surface area contributed by atoms with Gasteiger partial charge in [0.1, 0.15) is 5.82 Å². The second-order valence-corrected chi connectivity index (χ2v) is 3.69. The molecule has 0 unspecified atom stereocenters. The van der Waals surface area contributed by atoms with Gasteiger partial charge in [-0.25, -0.2) is 4.98 Å². The number of hydrogen-bond acceptors (Lipinski definition) is 4. The van der Waals surface area contributed by atoms with Gasteiger partial charge in [0, 0.05) is 18.5 Å². The number of fused-ring (bicyclic) bond motifs is 1. The van der Waals surface area contributed by atoms with Crippen LogP contribution in [0.25, 0.3) is 5.78 Å². The van der Waals surface area contributed by atoms with Crippen molar-refractivity contribution in [3.8, 4) is 0 Å². The molecule has 0 spiro atoms. The summed E-state index contributed by atoms with van der Waals surface area (Å²) >= 11 is 0. The zero-order valence-electron chi connectivity index (χ0n) is 8.69. The van der Waals surface area contributed by atoms with E-state index in [1.165, 1.54) is 10.6 Å². The summed E-state index contributed by atoms with van der Waals surface area (Å²) in [6.07, 6.45) is 0. The van der Waals surface area contributed by atoms with E-state index >= 15 is 0 Å². The van der Waals surface area contributed by atoms with Crippen molar-refractivity contribution in [3.05, 3.63) is 27.9 Å². The van der Waals surface area contributed by atoms with Crippen molar-refractivity contribution in [2.75, 3.05) is 0 Å². The van der Waals surface area contributed by atoms with Crippen LogP contribution in [-0.2, 0) is 6.54 Å². The molecule has 2 aromatic rings. The lowest BCUT2D eigenvalue weighted by atomic mass is 10.2. The first-order valence-corrected chi connectivity index (χ1v) is 4.80. The number of nitrogens with two attached hydrogens (primary N) is 1. The lowest BCUT2D eigenvalue weighted by molar-refractivity contribution is 0.757. The Bertz CT molecular complexity index is 539. The molecule has 3 N–H and O–H groups in total. The minimum absolute atomic E-state index is 0.181. The van der Waals surface area contributed by atoms with E-state index < -0.39 is 0 Å². The predicted molar refractivity (Wildman–Crippen MR) is 55.6 cm³/mol. The first-order valence-electron chi connectivity index (χ1n) is 4.80. The van der Waals surface area contributed by atoms with E-state index in [0.717, 1.165) is 5.82 Å². The summed E-state index contributed by atoms with van der Waals surface area (Å²) in [6.45, 7) is 4.23. The Morgan fingerprint density at radius 2 is 2.27 bits per heavy atom. The average Bonchev–Trinajstić information content (AvgIpc) is 2.61. The van der Waals surface area contributed by atoms with Gasteiger partial charge in [-0.15, -0.1) is 0 Å². The molecule has 0 saturated carbocycles. The van der Waals surface area contributed by atoms with E-state index in [0.29, 0.717) is 11.5 Å². The highest BCUT2D eigenvalue weighted by Crippen LogP contribution is 2.08. The van der Waals surface area contributed by atoms with E-state index in [-0.39, 0.29) is 18.0 Å². The maximum Gasteiger partial charge on any atom is 0.274 e. The van der Waals surface area contributed by atoms with E-state index in [1.54, 1.807) is 0 Å². The minimum Gasteiger partial charge on any atom is -0.325 e. The Hall–Kier alpha value is -1.69. The maximum absolute atomic E-state index is 11.6. The van der Waals surface area contributed by atoms with Crippen LogP contribution in [0.3, 0.4) is 0 Å². The summed E-state index contributed by atoms with van der Waals surface area (Å²) in [4.78, 5) is 20.0. The summed E-state index contributed by atoms with van der Waals surface area (Å²) < 4.78 is 1.33. The standard InChI is InChI=1S/C9H13N5O/c1-5(2)8-12-9-11-6(4-10)3-7(15)14(9)13-8/h3,5H,4,10H2,1-2H3,(H,11,12,13). The van der Waals surface area contributed by atoms with Gasteiger partial charge < -0.3 is 5.73 Å². The van der Waals surface area contributed by atoms with Crippen LogP contribution in [0.2, 0.25) is 0 Å². The number of nitrogens with zero attached hydrogens (tertiary/aromatic N) is 3. The quantitative estimate of drug-likeness (QED) is 0.725. The molecule has 2 aromatic heterocycles. The first kappa shape index (κ1) is 9.85. The van der Waals surface area contributed by atoms with Crippen LogP contribution in [0.15, 0.2) is 10.9 Å². The minimum atomic E-state index is -0.181. The molecule has 0 aliphatic carbocycles. The van der Waals surface area contributed by atoms with E-state index in [4.69, 9.17) is 5.73 Å². The van der Waals surface area contributed by atoms with Crippen LogP contribution in [0, 0.1) is 0 Å². The van der Waals surface area contributed by atoms with Crippen LogP contribution in [0.5, 0.6) is 0 Å². The Labute approximate surface area is 86.1 Å². The van der Waals surface area contributed by atoms with E-state index in [1.807, 2.05) is 13.8 Å². The molecule has 6 nitrogen and oxygen atoms in total. The highest BCUT2D eigenvalue weighted by atomic mass is 16.1. The van der Waals surface area contributed by atoms with Gasteiger partial charge in [0.2, 0.25) is 0 Å². The van der Waals surface area contributed by atoms with Crippen LogP contribution in [-0.4, -0.2) is 19.6 Å². The van der Waals surface area contributed by atoms with Crippen molar-refractivity contribution >= 4 is 5.78 Å². The Morgan fingerprint density at radius 3 is 2.87 bits per heavy atom. The molecule has 0 aliphatic rings. The number of nitrogens with one attached hydrogen (secondary N) is 1. The zero-order chi connectivity index (χ0) is 11.0. The number of H-pyrrole nitrogens is 1. The third-order valence-electron chi connectivity index (χ3n) is 2.16. The summed E-state index contributed by atoms with van der Waals surface area (Å²) in [7, 11) is 0. The lowest BCUT2D eigenvalue weighted by Gasteiger charge is -1.95.